The van der Waals surface area contributed by atoms with E-state index in [1.165, 1.54) is 24.3 Å². The van der Waals surface area contributed by atoms with Crippen molar-refractivity contribution < 1.29 is 19.2 Å². The number of carbonyl (C=O) groups is 2. The van der Waals surface area contributed by atoms with Gasteiger partial charge in [0.2, 0.25) is 5.24 Å². The fourth-order valence-corrected chi connectivity index (χ4v) is 2.17. The fraction of sp³-hybridized carbons (Fsp3) is 0.125. The van der Waals surface area contributed by atoms with Crippen LogP contribution in [0.1, 0.15) is 17.0 Å². The van der Waals surface area contributed by atoms with Crippen molar-refractivity contribution in [2.75, 3.05) is 0 Å². The van der Waals surface area contributed by atoms with Crippen LogP contribution in [0.5, 0.6) is 0 Å². The molecular formula is C16H12ClNO5. The lowest BCUT2D eigenvalue weighted by atomic mass is 10.0. The van der Waals surface area contributed by atoms with Gasteiger partial charge in [-0.2, -0.15) is 0 Å². The zero-order valence-corrected chi connectivity index (χ0v) is 12.6. The molecule has 1 atom stereocenters. The number of ether oxygens (including phenoxy) is 1. The van der Waals surface area contributed by atoms with E-state index in [1.54, 1.807) is 30.3 Å². The number of rotatable bonds is 6. The van der Waals surface area contributed by atoms with Gasteiger partial charge in [0.05, 0.1) is 4.92 Å². The monoisotopic (exact) mass is 333 g/mol. The standard InChI is InChI=1S/C16H12ClNO5/c17-15(19)14(12-4-2-1-3-5-12)16(20)23-10-11-6-8-13(9-7-11)18(21)22/h1-9,14H,10H2. The molecule has 0 aliphatic heterocycles. The lowest BCUT2D eigenvalue weighted by Crippen LogP contribution is -2.21. The van der Waals surface area contributed by atoms with Gasteiger partial charge >= 0.3 is 5.97 Å². The van der Waals surface area contributed by atoms with Crippen LogP contribution >= 0.6 is 11.6 Å². The lowest BCUT2D eigenvalue weighted by Gasteiger charge is -2.12. The first kappa shape index (κ1) is 16.6. The van der Waals surface area contributed by atoms with E-state index in [4.69, 9.17) is 16.3 Å². The lowest BCUT2D eigenvalue weighted by molar-refractivity contribution is -0.384. The zero-order valence-electron chi connectivity index (χ0n) is 11.8. The molecule has 0 aliphatic carbocycles. The van der Waals surface area contributed by atoms with Gasteiger partial charge in [0.15, 0.2) is 5.92 Å². The van der Waals surface area contributed by atoms with Crippen molar-refractivity contribution in [1.29, 1.82) is 0 Å². The Morgan fingerprint density at radius 3 is 2.22 bits per heavy atom. The van der Waals surface area contributed by atoms with E-state index in [1.807, 2.05) is 0 Å². The minimum atomic E-state index is -1.20. The number of halogens is 1. The highest BCUT2D eigenvalue weighted by Gasteiger charge is 2.28. The first-order valence-electron chi connectivity index (χ1n) is 6.63. The molecule has 2 aromatic rings. The van der Waals surface area contributed by atoms with Crippen LogP contribution in [0.4, 0.5) is 5.69 Å². The summed E-state index contributed by atoms with van der Waals surface area (Å²) in [6, 6.07) is 13.9. The van der Waals surface area contributed by atoms with E-state index in [2.05, 4.69) is 0 Å². The highest BCUT2D eigenvalue weighted by Crippen LogP contribution is 2.21. The van der Waals surface area contributed by atoms with Crippen LogP contribution in [0.2, 0.25) is 0 Å². The number of benzene rings is 2. The fourth-order valence-electron chi connectivity index (χ4n) is 1.96. The third kappa shape index (κ3) is 4.37. The van der Waals surface area contributed by atoms with Crippen molar-refractivity contribution in [2.45, 2.75) is 12.5 Å². The summed E-state index contributed by atoms with van der Waals surface area (Å²) >= 11 is 5.50. The van der Waals surface area contributed by atoms with Crippen molar-refractivity contribution in [2.24, 2.45) is 0 Å². The summed E-state index contributed by atoms with van der Waals surface area (Å²) in [6.45, 7) is -0.107. The maximum absolute atomic E-state index is 12.1. The van der Waals surface area contributed by atoms with Crippen LogP contribution in [0.15, 0.2) is 54.6 Å². The van der Waals surface area contributed by atoms with Gasteiger partial charge in [0.25, 0.3) is 5.69 Å². The van der Waals surface area contributed by atoms with Crippen molar-refractivity contribution in [1.82, 2.24) is 0 Å². The molecule has 0 radical (unpaired) electrons. The number of non-ortho nitro benzene ring substituents is 1. The van der Waals surface area contributed by atoms with E-state index in [0.29, 0.717) is 11.1 Å². The van der Waals surface area contributed by atoms with Crippen molar-refractivity contribution in [3.05, 3.63) is 75.8 Å². The number of nitrogens with zero attached hydrogens (tertiary/aromatic N) is 1. The van der Waals surface area contributed by atoms with Crippen LogP contribution in [0, 0.1) is 10.1 Å². The highest BCUT2D eigenvalue weighted by molar-refractivity contribution is 6.66. The third-order valence-corrected chi connectivity index (χ3v) is 3.34. The molecule has 0 aromatic heterocycles. The Bertz CT molecular complexity index is 715. The molecular weight excluding hydrogens is 322 g/mol. The van der Waals surface area contributed by atoms with Gasteiger partial charge in [-0.1, -0.05) is 30.3 Å². The van der Waals surface area contributed by atoms with Gasteiger partial charge in [0.1, 0.15) is 6.61 Å². The van der Waals surface area contributed by atoms with Gasteiger partial charge < -0.3 is 4.74 Å². The molecule has 0 N–H and O–H groups in total. The van der Waals surface area contributed by atoms with Crippen molar-refractivity contribution >= 4 is 28.5 Å². The molecule has 0 heterocycles. The first-order valence-corrected chi connectivity index (χ1v) is 7.01. The van der Waals surface area contributed by atoms with Crippen molar-refractivity contribution in [3.8, 4) is 0 Å². The number of hydrogen-bond donors (Lipinski definition) is 0. The molecule has 23 heavy (non-hydrogen) atoms. The van der Waals surface area contributed by atoms with E-state index in [9.17, 15) is 19.7 Å². The molecule has 2 rings (SSSR count). The Balaban J connectivity index is 2.05. The molecule has 7 heteroatoms. The molecule has 0 amide bonds. The van der Waals surface area contributed by atoms with E-state index in [-0.39, 0.29) is 12.3 Å². The van der Waals surface area contributed by atoms with Crippen LogP contribution in [0.3, 0.4) is 0 Å². The molecule has 118 valence electrons. The summed E-state index contributed by atoms with van der Waals surface area (Å²) in [4.78, 5) is 33.7. The summed E-state index contributed by atoms with van der Waals surface area (Å²) < 4.78 is 5.09. The molecule has 0 saturated heterocycles. The topological polar surface area (TPSA) is 86.5 Å². The molecule has 2 aromatic carbocycles. The maximum atomic E-state index is 12.1. The number of hydrogen-bond acceptors (Lipinski definition) is 5. The smallest absolute Gasteiger partial charge is 0.322 e. The van der Waals surface area contributed by atoms with Gasteiger partial charge in [0, 0.05) is 12.1 Å². The molecule has 0 bridgehead atoms. The summed E-state index contributed by atoms with van der Waals surface area (Å²) in [7, 11) is 0. The maximum Gasteiger partial charge on any atom is 0.322 e. The average molecular weight is 334 g/mol. The summed E-state index contributed by atoms with van der Waals surface area (Å²) in [5, 5.41) is 9.74. The Morgan fingerprint density at radius 1 is 1.09 bits per heavy atom. The number of esters is 1. The van der Waals surface area contributed by atoms with Crippen molar-refractivity contribution in [3.63, 3.8) is 0 Å². The summed E-state index contributed by atoms with van der Waals surface area (Å²) in [5.74, 6) is -1.97. The largest absolute Gasteiger partial charge is 0.460 e. The average Bonchev–Trinajstić information content (AvgIpc) is 2.54. The van der Waals surface area contributed by atoms with Gasteiger partial charge in [-0.15, -0.1) is 0 Å². The van der Waals surface area contributed by atoms with Crippen LogP contribution in [0.25, 0.3) is 0 Å². The van der Waals surface area contributed by atoms with E-state index in [0.717, 1.165) is 0 Å². The number of nitro benzene ring substituents is 1. The Labute approximate surface area is 136 Å². The number of carbonyl (C=O) groups excluding carboxylic acids is 2. The molecule has 0 saturated carbocycles. The molecule has 0 fully saturated rings. The summed E-state index contributed by atoms with van der Waals surface area (Å²) in [5.41, 5.74) is 0.956. The van der Waals surface area contributed by atoms with Gasteiger partial charge in [-0.3, -0.25) is 19.7 Å². The normalized spacial score (nSPS) is 11.5. The van der Waals surface area contributed by atoms with Crippen LogP contribution in [-0.2, 0) is 20.9 Å². The summed E-state index contributed by atoms with van der Waals surface area (Å²) in [6.07, 6.45) is 0. The second-order valence-electron chi connectivity index (χ2n) is 4.68. The van der Waals surface area contributed by atoms with Gasteiger partial charge in [-0.25, -0.2) is 0 Å². The Morgan fingerprint density at radius 2 is 1.70 bits per heavy atom. The minimum Gasteiger partial charge on any atom is -0.460 e. The van der Waals surface area contributed by atoms with Gasteiger partial charge in [-0.05, 0) is 34.9 Å². The zero-order chi connectivity index (χ0) is 16.8. The predicted octanol–water partition coefficient (Wildman–Crippen LogP) is 3.19. The highest BCUT2D eigenvalue weighted by atomic mass is 35.5. The minimum absolute atomic E-state index is 0.0572. The molecule has 1 unspecified atom stereocenters. The first-order chi connectivity index (χ1) is 11.0. The van der Waals surface area contributed by atoms with E-state index >= 15 is 0 Å². The SMILES string of the molecule is O=C(Cl)C(C(=O)OCc1ccc([N+](=O)[O-])cc1)c1ccccc1. The second kappa shape index (κ2) is 7.51. The Kier molecular flexibility index (Phi) is 5.43. The Hall–Kier alpha value is -2.73. The number of nitro groups is 1. The molecule has 6 nitrogen and oxygen atoms in total. The van der Waals surface area contributed by atoms with E-state index < -0.39 is 22.1 Å². The predicted molar refractivity (Wildman–Crippen MR) is 82.9 cm³/mol. The van der Waals surface area contributed by atoms with Crippen LogP contribution < -0.4 is 0 Å². The third-order valence-electron chi connectivity index (χ3n) is 3.12. The molecule has 0 aliphatic rings. The second-order valence-corrected chi connectivity index (χ2v) is 5.05. The van der Waals surface area contributed by atoms with Crippen LogP contribution in [-0.4, -0.2) is 16.1 Å². The molecule has 0 spiro atoms. The quantitative estimate of drug-likeness (QED) is 0.266.